The molecule has 1 amide bonds. The molecule has 3 N–H and O–H groups in total. The van der Waals surface area contributed by atoms with Crippen molar-refractivity contribution in [2.75, 3.05) is 39.3 Å². The first-order valence-electron chi connectivity index (χ1n) is 6.52. The highest BCUT2D eigenvalue weighted by molar-refractivity contribution is 5.91. The van der Waals surface area contributed by atoms with Gasteiger partial charge in [-0.3, -0.25) is 9.59 Å². The minimum absolute atomic E-state index is 0.238. The van der Waals surface area contributed by atoms with E-state index < -0.39 is 0 Å². The third-order valence-corrected chi connectivity index (χ3v) is 3.05. The fourth-order valence-electron chi connectivity index (χ4n) is 2.00. The quantitative estimate of drug-likeness (QED) is 0.582. The number of hydrogen-bond acceptors (Lipinski definition) is 5. The molecule has 0 spiro atoms. The van der Waals surface area contributed by atoms with Crippen LogP contribution in [0.2, 0.25) is 0 Å². The summed E-state index contributed by atoms with van der Waals surface area (Å²) in [5, 5.41) is 6.09. The molecule has 1 aliphatic rings. The summed E-state index contributed by atoms with van der Waals surface area (Å²) in [6.45, 7) is 5.80. The van der Waals surface area contributed by atoms with Gasteiger partial charge in [-0.25, -0.2) is 4.98 Å². The molecule has 1 saturated heterocycles. The molecular formula is C12H19N5O2. The molecule has 1 aliphatic heterocycles. The zero-order valence-electron chi connectivity index (χ0n) is 10.8. The van der Waals surface area contributed by atoms with Crippen LogP contribution < -0.4 is 16.2 Å². The molecule has 0 atom stereocenters. The van der Waals surface area contributed by atoms with Gasteiger partial charge in [-0.05, 0) is 13.0 Å². The van der Waals surface area contributed by atoms with E-state index in [1.54, 1.807) is 0 Å². The van der Waals surface area contributed by atoms with E-state index in [0.717, 1.165) is 45.3 Å². The minimum Gasteiger partial charge on any atom is -0.351 e. The van der Waals surface area contributed by atoms with Gasteiger partial charge >= 0.3 is 0 Å². The highest BCUT2D eigenvalue weighted by Gasteiger charge is 2.09. The van der Waals surface area contributed by atoms with Crippen molar-refractivity contribution in [1.82, 2.24) is 25.5 Å². The Morgan fingerprint density at radius 2 is 2.21 bits per heavy atom. The van der Waals surface area contributed by atoms with Crippen molar-refractivity contribution in [3.8, 4) is 0 Å². The van der Waals surface area contributed by atoms with Crippen LogP contribution in [0.15, 0.2) is 17.2 Å². The number of piperazine rings is 1. The number of carbonyl (C=O) groups is 1. The van der Waals surface area contributed by atoms with Crippen molar-refractivity contribution in [3.05, 3.63) is 28.4 Å². The van der Waals surface area contributed by atoms with Crippen LogP contribution in [0.5, 0.6) is 0 Å². The van der Waals surface area contributed by atoms with Crippen molar-refractivity contribution >= 4 is 5.91 Å². The van der Waals surface area contributed by atoms with Gasteiger partial charge in [0.05, 0.1) is 6.20 Å². The third kappa shape index (κ3) is 4.46. The second kappa shape index (κ2) is 7.01. The monoisotopic (exact) mass is 265 g/mol. The number of amides is 1. The predicted octanol–water partition coefficient (Wildman–Crippen LogP) is -1.20. The molecule has 0 unspecified atom stereocenters. The number of H-pyrrole nitrogens is 1. The summed E-state index contributed by atoms with van der Waals surface area (Å²) in [6, 6.07) is 0. The standard InChI is InChI=1S/C12H19N5O2/c18-11-9-15-10(8-16-11)12(19)14-2-1-5-17-6-3-13-4-7-17/h8-9,13H,1-7H2,(H,14,19)(H,16,18). The van der Waals surface area contributed by atoms with E-state index in [1.807, 2.05) is 0 Å². The molecule has 0 radical (unpaired) electrons. The normalized spacial score (nSPS) is 16.2. The molecule has 0 saturated carbocycles. The summed E-state index contributed by atoms with van der Waals surface area (Å²) < 4.78 is 0. The molecular weight excluding hydrogens is 246 g/mol. The lowest BCUT2D eigenvalue weighted by Crippen LogP contribution is -2.44. The lowest BCUT2D eigenvalue weighted by molar-refractivity contribution is 0.0946. The summed E-state index contributed by atoms with van der Waals surface area (Å²) in [5.74, 6) is -0.253. The van der Waals surface area contributed by atoms with Crippen LogP contribution in [0.1, 0.15) is 16.9 Å². The number of rotatable bonds is 5. The predicted molar refractivity (Wildman–Crippen MR) is 71.1 cm³/mol. The molecule has 1 aromatic heterocycles. The smallest absolute Gasteiger partial charge is 0.271 e. The Labute approximate surface area is 111 Å². The van der Waals surface area contributed by atoms with E-state index in [9.17, 15) is 9.59 Å². The first-order chi connectivity index (χ1) is 9.25. The maximum Gasteiger partial charge on any atom is 0.271 e. The molecule has 2 rings (SSSR count). The van der Waals surface area contributed by atoms with Gasteiger partial charge in [0.25, 0.3) is 11.5 Å². The number of nitrogens with zero attached hydrogens (tertiary/aromatic N) is 2. The van der Waals surface area contributed by atoms with Gasteiger partial charge in [-0.1, -0.05) is 0 Å². The molecule has 0 aromatic carbocycles. The van der Waals surface area contributed by atoms with Crippen molar-refractivity contribution in [3.63, 3.8) is 0 Å². The lowest BCUT2D eigenvalue weighted by Gasteiger charge is -2.27. The van der Waals surface area contributed by atoms with Crippen molar-refractivity contribution in [1.29, 1.82) is 0 Å². The molecule has 2 heterocycles. The summed E-state index contributed by atoms with van der Waals surface area (Å²) >= 11 is 0. The highest BCUT2D eigenvalue weighted by Crippen LogP contribution is 1.94. The van der Waals surface area contributed by atoms with Gasteiger partial charge in [0.1, 0.15) is 5.69 Å². The van der Waals surface area contributed by atoms with Crippen molar-refractivity contribution < 1.29 is 4.79 Å². The second-order valence-corrected chi connectivity index (χ2v) is 4.50. The minimum atomic E-state index is -0.310. The van der Waals surface area contributed by atoms with Crippen LogP contribution >= 0.6 is 0 Å². The van der Waals surface area contributed by atoms with Crippen LogP contribution in [0.4, 0.5) is 0 Å². The molecule has 0 bridgehead atoms. The number of hydrogen-bond donors (Lipinski definition) is 3. The fraction of sp³-hybridized carbons (Fsp3) is 0.583. The van der Waals surface area contributed by atoms with Crippen molar-refractivity contribution in [2.45, 2.75) is 6.42 Å². The Kier molecular flexibility index (Phi) is 5.05. The molecule has 0 aliphatic carbocycles. The van der Waals surface area contributed by atoms with E-state index in [-0.39, 0.29) is 17.2 Å². The topological polar surface area (TPSA) is 90.1 Å². The average Bonchev–Trinajstić information content (AvgIpc) is 2.45. The number of nitrogens with one attached hydrogen (secondary N) is 3. The molecule has 7 heteroatoms. The Balaban J connectivity index is 1.66. The first kappa shape index (κ1) is 13.7. The largest absolute Gasteiger partial charge is 0.351 e. The Morgan fingerprint density at radius 3 is 2.89 bits per heavy atom. The van der Waals surface area contributed by atoms with E-state index in [4.69, 9.17) is 0 Å². The van der Waals surface area contributed by atoms with Crippen LogP contribution in [-0.4, -0.2) is 60.0 Å². The Hall–Kier alpha value is -1.73. The first-order valence-corrected chi connectivity index (χ1v) is 6.52. The number of carbonyl (C=O) groups excluding carboxylic acids is 1. The van der Waals surface area contributed by atoms with Gasteiger partial charge < -0.3 is 20.5 Å². The third-order valence-electron chi connectivity index (χ3n) is 3.05. The molecule has 7 nitrogen and oxygen atoms in total. The summed E-state index contributed by atoms with van der Waals surface area (Å²) in [4.78, 5) is 31.1. The van der Waals surface area contributed by atoms with Gasteiger partial charge in [0, 0.05) is 38.9 Å². The van der Waals surface area contributed by atoms with E-state index >= 15 is 0 Å². The van der Waals surface area contributed by atoms with Crippen LogP contribution in [0, 0.1) is 0 Å². The van der Waals surface area contributed by atoms with E-state index in [0.29, 0.717) is 6.54 Å². The highest BCUT2D eigenvalue weighted by atomic mass is 16.2. The zero-order chi connectivity index (χ0) is 13.5. The zero-order valence-corrected chi connectivity index (χ0v) is 10.8. The fourth-order valence-corrected chi connectivity index (χ4v) is 2.00. The van der Waals surface area contributed by atoms with Crippen LogP contribution in [0.25, 0.3) is 0 Å². The maximum absolute atomic E-state index is 11.7. The SMILES string of the molecule is O=C(NCCCN1CCNCC1)c1c[nH]c(=O)cn1. The second-order valence-electron chi connectivity index (χ2n) is 4.50. The Morgan fingerprint density at radius 1 is 1.42 bits per heavy atom. The van der Waals surface area contributed by atoms with E-state index in [1.165, 1.54) is 6.20 Å². The summed E-state index contributed by atoms with van der Waals surface area (Å²) in [5.41, 5.74) is -0.0722. The summed E-state index contributed by atoms with van der Waals surface area (Å²) in [7, 11) is 0. The molecule has 19 heavy (non-hydrogen) atoms. The van der Waals surface area contributed by atoms with Crippen LogP contribution in [-0.2, 0) is 0 Å². The van der Waals surface area contributed by atoms with Gasteiger partial charge in [-0.2, -0.15) is 0 Å². The van der Waals surface area contributed by atoms with Crippen LogP contribution in [0.3, 0.4) is 0 Å². The van der Waals surface area contributed by atoms with Gasteiger partial charge in [0.2, 0.25) is 0 Å². The van der Waals surface area contributed by atoms with E-state index in [2.05, 4.69) is 25.5 Å². The van der Waals surface area contributed by atoms with Gasteiger partial charge in [0.15, 0.2) is 0 Å². The molecule has 104 valence electrons. The van der Waals surface area contributed by atoms with Gasteiger partial charge in [-0.15, -0.1) is 0 Å². The molecule has 1 fully saturated rings. The molecule has 1 aromatic rings. The summed E-state index contributed by atoms with van der Waals surface area (Å²) in [6.07, 6.45) is 3.35. The number of aromatic nitrogens is 2. The lowest BCUT2D eigenvalue weighted by atomic mass is 10.3. The maximum atomic E-state index is 11.7. The van der Waals surface area contributed by atoms with Crippen molar-refractivity contribution in [2.24, 2.45) is 0 Å². The number of aromatic amines is 1. The Bertz CT molecular complexity index is 447. The average molecular weight is 265 g/mol.